The molecule has 0 saturated carbocycles. The van der Waals surface area contributed by atoms with Crippen molar-refractivity contribution in [3.05, 3.63) is 46.6 Å². The molecule has 0 aliphatic heterocycles. The minimum Gasteiger partial charge on any atom is -0.464 e. The van der Waals surface area contributed by atoms with Gasteiger partial charge >= 0.3 is 5.97 Å². The zero-order chi connectivity index (χ0) is 14.8. The number of rotatable bonds is 3. The molecule has 3 aromatic rings. The fourth-order valence-corrected chi connectivity index (χ4v) is 2.79. The Bertz CT molecular complexity index is 819. The van der Waals surface area contributed by atoms with E-state index in [2.05, 4.69) is 20.0 Å². The van der Waals surface area contributed by atoms with Gasteiger partial charge in [0.15, 0.2) is 10.8 Å². The number of nitrogens with one attached hydrogen (secondary N) is 1. The Hall–Kier alpha value is -2.18. The van der Waals surface area contributed by atoms with Crippen molar-refractivity contribution in [2.24, 2.45) is 0 Å². The fraction of sp³-hybridized carbons (Fsp3) is 0.0714. The van der Waals surface area contributed by atoms with Crippen LogP contribution in [0.4, 0.5) is 10.8 Å². The maximum absolute atomic E-state index is 11.4. The second-order valence-electron chi connectivity index (χ2n) is 4.15. The Morgan fingerprint density at radius 1 is 1.38 bits per heavy atom. The third kappa shape index (κ3) is 2.68. The Morgan fingerprint density at radius 3 is 3.05 bits per heavy atom. The number of fused-ring (bicyclic) bond motifs is 1. The van der Waals surface area contributed by atoms with Gasteiger partial charge in [-0.2, -0.15) is 0 Å². The minimum absolute atomic E-state index is 0.274. The van der Waals surface area contributed by atoms with Crippen molar-refractivity contribution in [3.63, 3.8) is 0 Å². The summed E-state index contributed by atoms with van der Waals surface area (Å²) in [5.74, 6) is -0.460. The molecule has 0 spiro atoms. The van der Waals surface area contributed by atoms with Crippen LogP contribution in [0.5, 0.6) is 0 Å². The molecule has 21 heavy (non-hydrogen) atoms. The van der Waals surface area contributed by atoms with Crippen molar-refractivity contribution in [2.75, 3.05) is 12.4 Å². The van der Waals surface area contributed by atoms with Gasteiger partial charge in [0.25, 0.3) is 0 Å². The molecular formula is C14H10ClN3O2S. The van der Waals surface area contributed by atoms with Crippen LogP contribution in [-0.2, 0) is 4.74 Å². The van der Waals surface area contributed by atoms with E-state index in [1.54, 1.807) is 17.6 Å². The largest absolute Gasteiger partial charge is 0.464 e. The number of hydrogen-bond acceptors (Lipinski definition) is 6. The molecular weight excluding hydrogens is 310 g/mol. The van der Waals surface area contributed by atoms with Crippen molar-refractivity contribution in [1.82, 2.24) is 9.97 Å². The van der Waals surface area contributed by atoms with Crippen LogP contribution >= 0.6 is 22.9 Å². The summed E-state index contributed by atoms with van der Waals surface area (Å²) in [5, 5.41) is 6.87. The smallest absolute Gasteiger partial charge is 0.357 e. The third-order valence-electron chi connectivity index (χ3n) is 2.86. The maximum Gasteiger partial charge on any atom is 0.357 e. The van der Waals surface area contributed by atoms with Crippen LogP contribution < -0.4 is 5.32 Å². The number of thiazole rings is 1. The summed E-state index contributed by atoms with van der Waals surface area (Å²) < 4.78 is 4.63. The molecule has 0 unspecified atom stereocenters. The van der Waals surface area contributed by atoms with Crippen LogP contribution in [0.3, 0.4) is 0 Å². The molecule has 3 rings (SSSR count). The van der Waals surface area contributed by atoms with Gasteiger partial charge in [-0.15, -0.1) is 11.3 Å². The Balaban J connectivity index is 1.97. The lowest BCUT2D eigenvalue weighted by atomic mass is 10.2. The zero-order valence-electron chi connectivity index (χ0n) is 11.0. The molecule has 2 heterocycles. The molecule has 106 valence electrons. The van der Waals surface area contributed by atoms with E-state index in [0.717, 1.165) is 16.6 Å². The van der Waals surface area contributed by atoms with E-state index in [1.807, 2.05) is 18.2 Å². The Labute approximate surface area is 129 Å². The van der Waals surface area contributed by atoms with E-state index in [9.17, 15) is 4.79 Å². The second-order valence-corrected chi connectivity index (χ2v) is 5.41. The number of carbonyl (C=O) groups is 1. The van der Waals surface area contributed by atoms with Crippen LogP contribution in [0.1, 0.15) is 10.5 Å². The van der Waals surface area contributed by atoms with Gasteiger partial charge in [0.1, 0.15) is 0 Å². The molecule has 0 bridgehead atoms. The van der Waals surface area contributed by atoms with Crippen molar-refractivity contribution < 1.29 is 9.53 Å². The molecule has 1 aromatic carbocycles. The van der Waals surface area contributed by atoms with Crippen LogP contribution in [0.2, 0.25) is 5.02 Å². The first-order valence-corrected chi connectivity index (χ1v) is 7.29. The van der Waals surface area contributed by atoms with E-state index in [1.165, 1.54) is 18.4 Å². The minimum atomic E-state index is -0.460. The van der Waals surface area contributed by atoms with E-state index in [0.29, 0.717) is 10.2 Å². The van der Waals surface area contributed by atoms with E-state index >= 15 is 0 Å². The molecule has 7 heteroatoms. The van der Waals surface area contributed by atoms with Gasteiger partial charge in [-0.25, -0.2) is 9.78 Å². The monoisotopic (exact) mass is 319 g/mol. The van der Waals surface area contributed by atoms with E-state index < -0.39 is 5.97 Å². The predicted molar refractivity (Wildman–Crippen MR) is 83.5 cm³/mol. The lowest BCUT2D eigenvalue weighted by Crippen LogP contribution is -2.01. The summed E-state index contributed by atoms with van der Waals surface area (Å²) >= 11 is 7.47. The number of esters is 1. The number of carbonyl (C=O) groups excluding carboxylic acids is 1. The number of halogens is 1. The average Bonchev–Trinajstić information content (AvgIpc) is 2.98. The van der Waals surface area contributed by atoms with Crippen LogP contribution in [0.25, 0.3) is 10.9 Å². The molecule has 2 aromatic heterocycles. The number of anilines is 2. The molecule has 5 nitrogen and oxygen atoms in total. The van der Waals surface area contributed by atoms with Gasteiger partial charge < -0.3 is 10.1 Å². The van der Waals surface area contributed by atoms with Gasteiger partial charge in [-0.3, -0.25) is 4.98 Å². The van der Waals surface area contributed by atoms with Crippen LogP contribution in [0, 0.1) is 0 Å². The number of methoxy groups -OCH3 is 1. The van der Waals surface area contributed by atoms with Gasteiger partial charge in [0.2, 0.25) is 0 Å². The highest BCUT2D eigenvalue weighted by Crippen LogP contribution is 2.30. The molecule has 1 N–H and O–H groups in total. The number of benzene rings is 1. The normalized spacial score (nSPS) is 10.6. The Kier molecular flexibility index (Phi) is 3.72. The highest BCUT2D eigenvalue weighted by Gasteiger charge is 2.12. The van der Waals surface area contributed by atoms with Crippen molar-refractivity contribution in [1.29, 1.82) is 0 Å². The lowest BCUT2D eigenvalue weighted by molar-refractivity contribution is 0.0595. The van der Waals surface area contributed by atoms with Crippen LogP contribution in [0.15, 0.2) is 35.8 Å². The summed E-state index contributed by atoms with van der Waals surface area (Å²) in [6, 6.07) is 7.36. The predicted octanol–water partition coefficient (Wildman–Crippen LogP) is 3.87. The molecule has 0 atom stereocenters. The summed E-state index contributed by atoms with van der Waals surface area (Å²) in [6.45, 7) is 0. The standard InChI is InChI=1S/C14H10ClN3O2S/c1-20-13(19)11-7-21-14(18-11)17-10-5-4-9(15)8-3-2-6-16-12(8)10/h2-7H,1H3,(H,17,18). The van der Waals surface area contributed by atoms with Gasteiger partial charge in [-0.05, 0) is 24.3 Å². The number of ether oxygens (including phenoxy) is 1. The molecule has 0 radical (unpaired) electrons. The maximum atomic E-state index is 11.4. The Morgan fingerprint density at radius 2 is 2.24 bits per heavy atom. The molecule has 0 aliphatic carbocycles. The number of pyridine rings is 1. The van der Waals surface area contributed by atoms with Crippen LogP contribution in [-0.4, -0.2) is 23.0 Å². The van der Waals surface area contributed by atoms with Crippen molar-refractivity contribution >= 4 is 50.6 Å². The summed E-state index contributed by atoms with van der Waals surface area (Å²) in [4.78, 5) is 19.9. The number of aromatic nitrogens is 2. The van der Waals surface area contributed by atoms with Crippen molar-refractivity contribution in [2.45, 2.75) is 0 Å². The number of hydrogen-bond donors (Lipinski definition) is 1. The SMILES string of the molecule is COC(=O)c1csc(Nc2ccc(Cl)c3cccnc23)n1. The van der Waals surface area contributed by atoms with Crippen molar-refractivity contribution in [3.8, 4) is 0 Å². The lowest BCUT2D eigenvalue weighted by Gasteiger charge is -2.07. The summed E-state index contributed by atoms with van der Waals surface area (Å²) in [7, 11) is 1.32. The average molecular weight is 320 g/mol. The highest BCUT2D eigenvalue weighted by atomic mass is 35.5. The molecule has 0 amide bonds. The molecule has 0 saturated heterocycles. The molecule has 0 fully saturated rings. The fourth-order valence-electron chi connectivity index (χ4n) is 1.88. The van der Waals surface area contributed by atoms with E-state index in [-0.39, 0.29) is 5.69 Å². The second kappa shape index (κ2) is 5.67. The topological polar surface area (TPSA) is 64.1 Å². The first kappa shape index (κ1) is 13.8. The van der Waals surface area contributed by atoms with Gasteiger partial charge in [0, 0.05) is 17.0 Å². The zero-order valence-corrected chi connectivity index (χ0v) is 12.5. The van der Waals surface area contributed by atoms with E-state index in [4.69, 9.17) is 11.6 Å². The first-order chi connectivity index (χ1) is 10.2. The summed E-state index contributed by atoms with van der Waals surface area (Å²) in [6.07, 6.45) is 1.70. The van der Waals surface area contributed by atoms with Gasteiger partial charge in [0.05, 0.1) is 23.3 Å². The third-order valence-corrected chi connectivity index (χ3v) is 3.94. The molecule has 0 aliphatic rings. The number of nitrogens with zero attached hydrogens (tertiary/aromatic N) is 2. The van der Waals surface area contributed by atoms with Gasteiger partial charge in [-0.1, -0.05) is 11.6 Å². The summed E-state index contributed by atoms with van der Waals surface area (Å²) in [5.41, 5.74) is 1.80. The highest BCUT2D eigenvalue weighted by molar-refractivity contribution is 7.14. The quantitative estimate of drug-likeness (QED) is 0.742. The first-order valence-electron chi connectivity index (χ1n) is 6.03.